The molecule has 0 amide bonds. The van der Waals surface area contributed by atoms with Crippen molar-refractivity contribution >= 4 is 28.1 Å². The number of fused-ring (bicyclic) bond motifs is 1. The van der Waals surface area contributed by atoms with Crippen LogP contribution in [0.5, 0.6) is 0 Å². The van der Waals surface area contributed by atoms with Crippen molar-refractivity contribution in [1.82, 2.24) is 14.6 Å². The van der Waals surface area contributed by atoms with Gasteiger partial charge in [0.1, 0.15) is 0 Å². The summed E-state index contributed by atoms with van der Waals surface area (Å²) in [4.78, 5) is 4.65. The molecule has 7 nitrogen and oxygen atoms in total. The van der Waals surface area contributed by atoms with Crippen LogP contribution in [-0.2, 0) is 15.6 Å². The number of nitrogens with zero attached hydrogens (tertiary/aromatic N) is 3. The van der Waals surface area contributed by atoms with Crippen LogP contribution in [0.15, 0.2) is 96.0 Å². The summed E-state index contributed by atoms with van der Waals surface area (Å²) in [5.41, 5.74) is 13.5. The molecule has 4 N–H and O–H groups in total. The van der Waals surface area contributed by atoms with Crippen LogP contribution in [0.4, 0.5) is 0 Å². The Morgan fingerprint density at radius 3 is 2.08 bits per heavy atom. The number of rotatable bonds is 5. The van der Waals surface area contributed by atoms with Gasteiger partial charge in [0.05, 0.1) is 22.5 Å². The molecule has 0 unspecified atom stereocenters. The minimum atomic E-state index is -3.77. The van der Waals surface area contributed by atoms with Crippen molar-refractivity contribution in [3.8, 4) is 33.6 Å². The maximum atomic E-state index is 11.7. The lowest BCUT2D eigenvalue weighted by molar-refractivity contribution is 0.253. The van der Waals surface area contributed by atoms with Gasteiger partial charge in [0.15, 0.2) is 5.65 Å². The largest absolute Gasteiger partial charge is 0.321 e. The highest BCUT2D eigenvalue weighted by Gasteiger charge is 2.34. The van der Waals surface area contributed by atoms with Crippen LogP contribution in [0.25, 0.3) is 39.3 Å². The predicted molar refractivity (Wildman–Crippen MR) is 148 cm³/mol. The van der Waals surface area contributed by atoms with Crippen LogP contribution in [-0.4, -0.2) is 23.0 Å². The van der Waals surface area contributed by atoms with Gasteiger partial charge in [0.2, 0.25) is 10.0 Å². The van der Waals surface area contributed by atoms with E-state index in [1.54, 1.807) is 22.8 Å². The number of hydrogen-bond acceptors (Lipinski definition) is 5. The van der Waals surface area contributed by atoms with Crippen molar-refractivity contribution in [2.45, 2.75) is 29.7 Å². The van der Waals surface area contributed by atoms with Crippen LogP contribution in [0.3, 0.4) is 0 Å². The Labute approximate surface area is 221 Å². The fraction of sp³-hybridized carbons (Fsp3) is 0.143. The van der Waals surface area contributed by atoms with E-state index >= 15 is 0 Å². The van der Waals surface area contributed by atoms with E-state index in [1.165, 1.54) is 12.1 Å². The number of aromatic nitrogens is 3. The van der Waals surface area contributed by atoms with Gasteiger partial charge in [-0.15, -0.1) is 12.4 Å². The second-order valence-electron chi connectivity index (χ2n) is 9.34. The highest BCUT2D eigenvalue weighted by atomic mass is 35.5. The molecule has 37 heavy (non-hydrogen) atoms. The summed E-state index contributed by atoms with van der Waals surface area (Å²) in [6.07, 6.45) is 4.92. The third-order valence-corrected chi connectivity index (χ3v) is 7.96. The van der Waals surface area contributed by atoms with Crippen molar-refractivity contribution < 1.29 is 8.42 Å². The molecule has 0 saturated heterocycles. The van der Waals surface area contributed by atoms with Crippen LogP contribution < -0.4 is 10.9 Å². The number of halogens is 1. The summed E-state index contributed by atoms with van der Waals surface area (Å²) in [6.45, 7) is 0. The van der Waals surface area contributed by atoms with Gasteiger partial charge in [0, 0.05) is 22.2 Å². The lowest BCUT2D eigenvalue weighted by Gasteiger charge is -2.38. The molecule has 0 aliphatic heterocycles. The molecular weight excluding hydrogens is 506 g/mol. The SMILES string of the molecule is Cl.NC1(c2ccc(-c3nn4c(-c5ccc(S(N)(=O)=O)cc5)cnc4cc3-c3ccccc3)cc2)CCC1. The van der Waals surface area contributed by atoms with Gasteiger partial charge >= 0.3 is 0 Å². The molecule has 1 fully saturated rings. The zero-order chi connectivity index (χ0) is 24.9. The molecule has 9 heteroatoms. The normalized spacial score (nSPS) is 14.6. The number of imidazole rings is 1. The van der Waals surface area contributed by atoms with Crippen LogP contribution in [0, 0.1) is 0 Å². The second kappa shape index (κ2) is 9.39. The number of nitrogens with two attached hydrogens (primary N) is 2. The smallest absolute Gasteiger partial charge is 0.238 e. The molecule has 0 bridgehead atoms. The Balaban J connectivity index is 0.00000280. The molecule has 2 heterocycles. The Morgan fingerprint density at radius 2 is 1.49 bits per heavy atom. The van der Waals surface area contributed by atoms with E-state index < -0.39 is 10.0 Å². The minimum absolute atomic E-state index is 0. The quantitative estimate of drug-likeness (QED) is 0.326. The van der Waals surface area contributed by atoms with E-state index in [4.69, 9.17) is 16.0 Å². The van der Waals surface area contributed by atoms with Gasteiger partial charge in [-0.2, -0.15) is 5.10 Å². The minimum Gasteiger partial charge on any atom is -0.321 e. The molecule has 3 aromatic carbocycles. The van der Waals surface area contributed by atoms with E-state index in [-0.39, 0.29) is 22.8 Å². The molecule has 0 spiro atoms. The highest BCUT2D eigenvalue weighted by Crippen LogP contribution is 2.40. The van der Waals surface area contributed by atoms with Crippen molar-refractivity contribution in [2.24, 2.45) is 10.9 Å². The highest BCUT2D eigenvalue weighted by molar-refractivity contribution is 7.89. The van der Waals surface area contributed by atoms with E-state index in [0.717, 1.165) is 58.5 Å². The number of hydrogen-bond donors (Lipinski definition) is 2. The topological polar surface area (TPSA) is 116 Å². The Hall–Kier alpha value is -3.56. The molecule has 0 atom stereocenters. The molecule has 1 saturated carbocycles. The zero-order valence-electron chi connectivity index (χ0n) is 19.9. The van der Waals surface area contributed by atoms with Crippen molar-refractivity contribution in [1.29, 1.82) is 0 Å². The van der Waals surface area contributed by atoms with E-state index in [9.17, 15) is 8.42 Å². The average Bonchev–Trinajstić information content (AvgIpc) is 3.30. The first kappa shape index (κ1) is 25.1. The second-order valence-corrected chi connectivity index (χ2v) is 10.9. The van der Waals surface area contributed by atoms with E-state index in [2.05, 4.69) is 41.4 Å². The molecule has 1 aliphatic rings. The monoisotopic (exact) mass is 531 g/mol. The summed E-state index contributed by atoms with van der Waals surface area (Å²) in [7, 11) is -3.77. The molecule has 5 aromatic rings. The van der Waals surface area contributed by atoms with Gasteiger partial charge in [-0.05, 0) is 48.6 Å². The molecular formula is C28H26ClN5O2S. The lowest BCUT2D eigenvalue weighted by atomic mass is 9.72. The summed E-state index contributed by atoms with van der Waals surface area (Å²) in [6, 6.07) is 26.9. The predicted octanol–water partition coefficient (Wildman–Crippen LogP) is 5.14. The summed E-state index contributed by atoms with van der Waals surface area (Å²) < 4.78 is 25.1. The van der Waals surface area contributed by atoms with Gasteiger partial charge in [-0.1, -0.05) is 66.7 Å². The molecule has 1 aliphatic carbocycles. The Bertz CT molecular complexity index is 1680. The van der Waals surface area contributed by atoms with Crippen molar-refractivity contribution in [2.75, 3.05) is 0 Å². The average molecular weight is 532 g/mol. The summed E-state index contributed by atoms with van der Waals surface area (Å²) in [5, 5.41) is 10.3. The third kappa shape index (κ3) is 4.53. The first-order chi connectivity index (χ1) is 17.3. The standard InChI is InChI=1S/C28H25N5O2S.ClH/c29-28(15-4-16-28)22-11-7-21(8-12-22)27-24(19-5-2-1-3-6-19)17-26-31-18-25(33(26)32-27)20-9-13-23(14-10-20)36(30,34)35;/h1-3,5-14,17-18H,4,15-16,29H2,(H2,30,34,35);1H. The first-order valence-corrected chi connectivity index (χ1v) is 13.3. The Kier molecular flexibility index (Phi) is 6.37. The van der Waals surface area contributed by atoms with Crippen LogP contribution in [0.1, 0.15) is 24.8 Å². The number of benzene rings is 3. The lowest BCUT2D eigenvalue weighted by Crippen LogP contribution is -2.43. The van der Waals surface area contributed by atoms with Crippen LogP contribution in [0.2, 0.25) is 0 Å². The fourth-order valence-electron chi connectivity index (χ4n) is 4.78. The molecule has 2 aromatic heterocycles. The van der Waals surface area contributed by atoms with E-state index in [1.807, 2.05) is 24.3 Å². The summed E-state index contributed by atoms with van der Waals surface area (Å²) in [5.74, 6) is 0. The maximum absolute atomic E-state index is 11.7. The molecule has 0 radical (unpaired) electrons. The van der Waals surface area contributed by atoms with E-state index in [0.29, 0.717) is 5.65 Å². The van der Waals surface area contributed by atoms with Gasteiger partial charge in [0.25, 0.3) is 0 Å². The number of primary sulfonamides is 1. The fourth-order valence-corrected chi connectivity index (χ4v) is 5.30. The zero-order valence-corrected chi connectivity index (χ0v) is 21.5. The molecule has 6 rings (SSSR count). The summed E-state index contributed by atoms with van der Waals surface area (Å²) >= 11 is 0. The number of sulfonamides is 1. The van der Waals surface area contributed by atoms with Crippen molar-refractivity contribution in [3.05, 3.63) is 96.7 Å². The first-order valence-electron chi connectivity index (χ1n) is 11.8. The van der Waals surface area contributed by atoms with Gasteiger partial charge in [-0.3, -0.25) is 0 Å². The Morgan fingerprint density at radius 1 is 0.838 bits per heavy atom. The van der Waals surface area contributed by atoms with Crippen molar-refractivity contribution in [3.63, 3.8) is 0 Å². The molecule has 188 valence electrons. The van der Waals surface area contributed by atoms with Gasteiger partial charge < -0.3 is 5.73 Å². The van der Waals surface area contributed by atoms with Gasteiger partial charge in [-0.25, -0.2) is 23.1 Å². The third-order valence-electron chi connectivity index (χ3n) is 7.04. The maximum Gasteiger partial charge on any atom is 0.238 e. The van der Waals surface area contributed by atoms with Crippen LogP contribution >= 0.6 is 12.4 Å².